The van der Waals surface area contributed by atoms with Crippen molar-refractivity contribution in [1.82, 2.24) is 25.2 Å². The zero-order chi connectivity index (χ0) is 39.6. The summed E-state index contributed by atoms with van der Waals surface area (Å²) >= 11 is 0. The van der Waals surface area contributed by atoms with E-state index in [1.807, 2.05) is 0 Å². The fourth-order valence-electron chi connectivity index (χ4n) is 7.21. The summed E-state index contributed by atoms with van der Waals surface area (Å²) in [5.74, 6) is -5.04. The minimum absolute atomic E-state index is 0.0142. The van der Waals surface area contributed by atoms with Crippen LogP contribution in [0.2, 0.25) is 0 Å². The van der Waals surface area contributed by atoms with Crippen LogP contribution < -0.4 is 11.1 Å². The zero-order valence-electron chi connectivity index (χ0n) is 29.7. The van der Waals surface area contributed by atoms with Crippen molar-refractivity contribution >= 4 is 45.0 Å². The first-order valence-corrected chi connectivity index (χ1v) is 18.9. The summed E-state index contributed by atoms with van der Waals surface area (Å²) in [6.07, 6.45) is 5.23. The van der Waals surface area contributed by atoms with Gasteiger partial charge in [0.05, 0.1) is 22.8 Å². The van der Waals surface area contributed by atoms with Crippen LogP contribution >= 0.6 is 0 Å². The van der Waals surface area contributed by atoms with Crippen molar-refractivity contribution in [3.63, 3.8) is 0 Å². The Bertz CT molecular complexity index is 1910. The predicted octanol–water partition coefficient (Wildman–Crippen LogP) is 1.91. The van der Waals surface area contributed by atoms with Gasteiger partial charge in [-0.1, -0.05) is 37.3 Å². The molecule has 20 heteroatoms. The van der Waals surface area contributed by atoms with Gasteiger partial charge in [-0.25, -0.2) is 18.1 Å². The number of sulfone groups is 1. The van der Waals surface area contributed by atoms with Crippen LogP contribution in [0.15, 0.2) is 40.4 Å². The molecule has 3 aliphatic rings. The van der Waals surface area contributed by atoms with Crippen LogP contribution in [0, 0.1) is 5.92 Å². The number of likely N-dealkylation sites (tertiary alicyclic amines) is 1. The SMILES string of the molecule is CC(C)(O)c1cnnn1[C@H]1C[C@@H](C(=O)NC2(C(=O)C(N)=O)CCOCC2)N(C(=O)/C(CC2CCCCC2)=N/C(=O)c2ccc(S(=O)(=O)C(F)(F)F)cc2)C1. The molecule has 4 N–H and O–H groups in total. The number of carbonyl (C=O) groups excluding carboxylic acids is 5. The van der Waals surface area contributed by atoms with Gasteiger partial charge >= 0.3 is 5.51 Å². The van der Waals surface area contributed by atoms with E-state index in [4.69, 9.17) is 10.5 Å². The quantitative estimate of drug-likeness (QED) is 0.220. The second kappa shape index (κ2) is 15.7. The van der Waals surface area contributed by atoms with E-state index in [1.165, 1.54) is 29.6 Å². The van der Waals surface area contributed by atoms with Crippen LogP contribution in [-0.2, 0) is 39.4 Å². The van der Waals surface area contributed by atoms with E-state index in [-0.39, 0.29) is 68.3 Å². The maximum atomic E-state index is 14.6. The third-order valence-electron chi connectivity index (χ3n) is 10.2. The third-order valence-corrected chi connectivity index (χ3v) is 11.7. The number of ketones is 1. The molecule has 0 spiro atoms. The summed E-state index contributed by atoms with van der Waals surface area (Å²) in [5.41, 5.74) is -3.61. The number of primary amides is 1. The van der Waals surface area contributed by atoms with Crippen LogP contribution in [0.1, 0.15) is 93.7 Å². The molecule has 3 heterocycles. The Morgan fingerprint density at radius 2 is 1.69 bits per heavy atom. The first-order chi connectivity index (χ1) is 25.2. The standard InChI is InChI=1S/C34H42F3N7O9S/c1-32(2,50)26-18-39-42-44(26)22-17-25(30(48)41-33(27(45)28(38)46)12-14-53-15-13-33)43(19-22)31(49)24(16-20-6-4-3-5-7-20)40-29(47)21-8-10-23(11-9-21)54(51,52)34(35,36)37/h8-11,18,20,22,25,50H,3-7,12-17,19H2,1-2H3,(H2,38,46)(H,41,48)/b40-24+/t22-,25-/m0/s1. The number of halogens is 3. The fourth-order valence-corrected chi connectivity index (χ4v) is 7.97. The minimum Gasteiger partial charge on any atom is -0.384 e. The summed E-state index contributed by atoms with van der Waals surface area (Å²) in [6.45, 7) is 2.88. The fraction of sp³-hybridized carbons (Fsp3) is 0.588. The van der Waals surface area contributed by atoms with Crippen molar-refractivity contribution in [2.75, 3.05) is 19.8 Å². The Labute approximate surface area is 308 Å². The number of nitrogens with zero attached hydrogens (tertiary/aromatic N) is 5. The highest BCUT2D eigenvalue weighted by molar-refractivity contribution is 7.92. The van der Waals surface area contributed by atoms with E-state index in [1.54, 1.807) is 0 Å². The smallest absolute Gasteiger partial charge is 0.384 e. The van der Waals surface area contributed by atoms with Gasteiger partial charge in [0.1, 0.15) is 22.9 Å². The van der Waals surface area contributed by atoms with E-state index < -0.39 is 72.9 Å². The Morgan fingerprint density at radius 1 is 1.06 bits per heavy atom. The average Bonchev–Trinajstić information content (AvgIpc) is 3.80. The minimum atomic E-state index is -5.69. The molecule has 294 valence electrons. The predicted molar refractivity (Wildman–Crippen MR) is 182 cm³/mol. The Morgan fingerprint density at radius 3 is 2.26 bits per heavy atom. The molecule has 0 unspecified atom stereocenters. The number of hydrogen-bond acceptors (Lipinski definition) is 11. The summed E-state index contributed by atoms with van der Waals surface area (Å²) in [5, 5.41) is 21.5. The second-order valence-electron chi connectivity index (χ2n) is 14.4. The topological polar surface area (TPSA) is 233 Å². The van der Waals surface area contributed by atoms with E-state index in [9.17, 15) is 50.7 Å². The molecule has 5 rings (SSSR count). The molecule has 2 saturated heterocycles. The van der Waals surface area contributed by atoms with Crippen molar-refractivity contribution in [2.24, 2.45) is 16.6 Å². The highest BCUT2D eigenvalue weighted by atomic mass is 32.2. The number of rotatable bonds is 11. The molecule has 54 heavy (non-hydrogen) atoms. The van der Waals surface area contributed by atoms with Gasteiger partial charge in [0.25, 0.3) is 27.6 Å². The van der Waals surface area contributed by atoms with Crippen LogP contribution in [0.25, 0.3) is 0 Å². The molecule has 1 aromatic heterocycles. The normalized spacial score (nSPS) is 21.4. The van der Waals surface area contributed by atoms with Crippen LogP contribution in [0.5, 0.6) is 0 Å². The van der Waals surface area contributed by atoms with E-state index in [0.717, 1.165) is 31.4 Å². The molecule has 16 nitrogen and oxygen atoms in total. The molecule has 3 fully saturated rings. The van der Waals surface area contributed by atoms with Gasteiger partial charge in [0.15, 0.2) is 0 Å². The molecule has 0 radical (unpaired) electrons. The number of aliphatic hydroxyl groups is 1. The van der Waals surface area contributed by atoms with Gasteiger partial charge < -0.3 is 25.8 Å². The number of alkyl halides is 3. The van der Waals surface area contributed by atoms with Crippen LogP contribution in [0.4, 0.5) is 13.2 Å². The largest absolute Gasteiger partial charge is 0.501 e. The lowest BCUT2D eigenvalue weighted by atomic mass is 9.84. The van der Waals surface area contributed by atoms with Gasteiger partial charge in [-0.15, -0.1) is 5.10 Å². The Hall–Kier alpha value is -4.56. The molecule has 2 atom stereocenters. The molecule has 0 bridgehead atoms. The van der Waals surface area contributed by atoms with Crippen LogP contribution in [-0.4, -0.2) is 105 Å². The van der Waals surface area contributed by atoms with Crippen molar-refractivity contribution < 1.29 is 55.4 Å². The average molecular weight is 782 g/mol. The van der Waals surface area contributed by atoms with Crippen molar-refractivity contribution in [1.29, 1.82) is 0 Å². The van der Waals surface area contributed by atoms with Gasteiger partial charge in [-0.3, -0.25) is 24.0 Å². The van der Waals surface area contributed by atoms with E-state index in [0.29, 0.717) is 25.0 Å². The number of benzene rings is 1. The summed E-state index contributed by atoms with van der Waals surface area (Å²) in [7, 11) is -5.69. The number of nitrogens with two attached hydrogens (primary N) is 1. The van der Waals surface area contributed by atoms with Gasteiger partial charge in [0.2, 0.25) is 11.7 Å². The highest BCUT2D eigenvalue weighted by Crippen LogP contribution is 2.34. The zero-order valence-corrected chi connectivity index (χ0v) is 30.5. The lowest BCUT2D eigenvalue weighted by Crippen LogP contribution is -2.63. The molecule has 2 aliphatic heterocycles. The first kappa shape index (κ1) is 40.6. The molecular formula is C34H42F3N7O9S. The molecule has 4 amide bonds. The Kier molecular flexibility index (Phi) is 11.8. The number of nitrogens with one attached hydrogen (secondary N) is 1. The number of aromatic nitrogens is 3. The second-order valence-corrected chi connectivity index (χ2v) is 16.3. The van der Waals surface area contributed by atoms with Gasteiger partial charge in [-0.05, 0) is 50.5 Å². The monoisotopic (exact) mass is 781 g/mol. The van der Waals surface area contributed by atoms with Gasteiger partial charge in [0, 0.05) is 44.6 Å². The summed E-state index contributed by atoms with van der Waals surface area (Å²) in [6, 6.07) is 0.901. The van der Waals surface area contributed by atoms with Crippen LogP contribution in [0.3, 0.4) is 0 Å². The maximum absolute atomic E-state index is 14.6. The van der Waals surface area contributed by atoms with Crippen molar-refractivity contribution in [3.05, 3.63) is 41.7 Å². The van der Waals surface area contributed by atoms with Crippen molar-refractivity contribution in [2.45, 2.75) is 105 Å². The Balaban J connectivity index is 1.53. The van der Waals surface area contributed by atoms with E-state index in [2.05, 4.69) is 20.6 Å². The first-order valence-electron chi connectivity index (χ1n) is 17.5. The molecule has 1 saturated carbocycles. The number of amides is 4. The molecule has 1 aromatic carbocycles. The molecular weight excluding hydrogens is 739 g/mol. The number of hydrogen-bond donors (Lipinski definition) is 3. The number of carbonyl (C=O) groups is 5. The summed E-state index contributed by atoms with van der Waals surface area (Å²) < 4.78 is 69.8. The van der Waals surface area contributed by atoms with Crippen molar-refractivity contribution in [3.8, 4) is 0 Å². The number of Topliss-reactive ketones (excluding diaryl/α,β-unsaturated/α-hetero) is 1. The molecule has 1 aliphatic carbocycles. The third kappa shape index (κ3) is 8.54. The lowest BCUT2D eigenvalue weighted by Gasteiger charge is -2.37. The molecule has 2 aromatic rings. The number of aliphatic imine (C=N–C) groups is 1. The maximum Gasteiger partial charge on any atom is 0.501 e. The van der Waals surface area contributed by atoms with Gasteiger partial charge in [-0.2, -0.15) is 13.2 Å². The highest BCUT2D eigenvalue weighted by Gasteiger charge is 2.49. The number of ether oxygens (including phenoxy) is 1. The lowest BCUT2D eigenvalue weighted by molar-refractivity contribution is -0.146. The summed E-state index contributed by atoms with van der Waals surface area (Å²) in [4.78, 5) is 71.7. The van der Waals surface area contributed by atoms with E-state index >= 15 is 0 Å².